The average Bonchev–Trinajstić information content (AvgIpc) is 2.54. The predicted molar refractivity (Wildman–Crippen MR) is 101 cm³/mol. The van der Waals surface area contributed by atoms with Crippen LogP contribution in [0.2, 0.25) is 0 Å². The summed E-state index contributed by atoms with van der Waals surface area (Å²) in [6.07, 6.45) is 0. The van der Waals surface area contributed by atoms with Crippen molar-refractivity contribution in [3.63, 3.8) is 0 Å². The summed E-state index contributed by atoms with van der Waals surface area (Å²) in [6, 6.07) is 14.7. The largest absolute Gasteiger partial charge is 0.375 e. The molecule has 2 rings (SSSR count). The molecule has 3 N–H and O–H groups in total. The van der Waals surface area contributed by atoms with Gasteiger partial charge in [-0.05, 0) is 46.3 Å². The van der Waals surface area contributed by atoms with E-state index in [1.165, 1.54) is 0 Å². The summed E-state index contributed by atoms with van der Waals surface area (Å²) in [4.78, 5) is 23.8. The molecule has 2 aromatic carbocycles. The van der Waals surface area contributed by atoms with E-state index in [1.807, 2.05) is 38.1 Å². The van der Waals surface area contributed by atoms with E-state index in [0.29, 0.717) is 11.4 Å². The third-order valence-corrected chi connectivity index (χ3v) is 3.94. The summed E-state index contributed by atoms with van der Waals surface area (Å²) >= 11 is 3.42. The lowest BCUT2D eigenvalue weighted by Gasteiger charge is -2.11. The minimum atomic E-state index is -0.168. The number of para-hydroxylation sites is 1. The number of carbonyl (C=O) groups excluding carboxylic acids is 2. The second kappa shape index (κ2) is 8.49. The standard InChI is InChI=1S/C18H20BrN3O2/c1-12(2)18(24)22-14-7-5-6-13(10-14)21-17(23)11-20-16-9-4-3-8-15(16)19/h3-10,12,20H,11H2,1-2H3,(H,21,23)(H,22,24). The molecule has 0 saturated heterocycles. The molecule has 0 radical (unpaired) electrons. The van der Waals surface area contributed by atoms with E-state index in [2.05, 4.69) is 31.9 Å². The maximum absolute atomic E-state index is 12.1. The van der Waals surface area contributed by atoms with E-state index < -0.39 is 0 Å². The molecule has 2 aromatic rings. The molecule has 0 heterocycles. The fourth-order valence-electron chi connectivity index (χ4n) is 1.95. The molecule has 24 heavy (non-hydrogen) atoms. The van der Waals surface area contributed by atoms with E-state index in [1.54, 1.807) is 24.3 Å². The molecule has 0 saturated carbocycles. The second-order valence-electron chi connectivity index (χ2n) is 5.61. The van der Waals surface area contributed by atoms with Gasteiger partial charge < -0.3 is 16.0 Å². The molecule has 5 nitrogen and oxygen atoms in total. The number of anilines is 3. The third-order valence-electron chi connectivity index (χ3n) is 3.25. The van der Waals surface area contributed by atoms with E-state index in [9.17, 15) is 9.59 Å². The fourth-order valence-corrected chi connectivity index (χ4v) is 2.37. The summed E-state index contributed by atoms with van der Waals surface area (Å²) in [6.45, 7) is 3.80. The molecule has 0 aliphatic carbocycles. The van der Waals surface area contributed by atoms with Crippen molar-refractivity contribution in [1.29, 1.82) is 0 Å². The molecule has 0 bridgehead atoms. The van der Waals surface area contributed by atoms with Gasteiger partial charge in [-0.2, -0.15) is 0 Å². The van der Waals surface area contributed by atoms with Crippen molar-refractivity contribution >= 4 is 44.8 Å². The Balaban J connectivity index is 1.92. The van der Waals surface area contributed by atoms with Gasteiger partial charge in [0.25, 0.3) is 0 Å². The zero-order valence-electron chi connectivity index (χ0n) is 13.6. The Kier molecular flexibility index (Phi) is 6.37. The van der Waals surface area contributed by atoms with Crippen molar-refractivity contribution in [3.8, 4) is 0 Å². The summed E-state index contributed by atoms with van der Waals surface area (Å²) in [5, 5.41) is 8.68. The van der Waals surface area contributed by atoms with Crippen LogP contribution in [0.1, 0.15) is 13.8 Å². The van der Waals surface area contributed by atoms with Gasteiger partial charge in [0.05, 0.1) is 6.54 Å². The third kappa shape index (κ3) is 5.38. The summed E-state index contributed by atoms with van der Waals surface area (Å²) in [7, 11) is 0. The number of halogens is 1. The van der Waals surface area contributed by atoms with Crippen LogP contribution in [-0.4, -0.2) is 18.4 Å². The highest BCUT2D eigenvalue weighted by atomic mass is 79.9. The van der Waals surface area contributed by atoms with E-state index in [-0.39, 0.29) is 24.3 Å². The van der Waals surface area contributed by atoms with Crippen molar-refractivity contribution in [2.24, 2.45) is 5.92 Å². The number of hydrogen-bond donors (Lipinski definition) is 3. The minimum absolute atomic E-state index is 0.0610. The highest BCUT2D eigenvalue weighted by Crippen LogP contribution is 2.21. The summed E-state index contributed by atoms with van der Waals surface area (Å²) < 4.78 is 0.899. The molecule has 0 unspecified atom stereocenters. The molecule has 126 valence electrons. The van der Waals surface area contributed by atoms with Crippen LogP contribution in [0, 0.1) is 5.92 Å². The topological polar surface area (TPSA) is 70.2 Å². The van der Waals surface area contributed by atoms with Gasteiger partial charge >= 0.3 is 0 Å². The van der Waals surface area contributed by atoms with E-state index >= 15 is 0 Å². The van der Waals surface area contributed by atoms with Gasteiger partial charge in [0.2, 0.25) is 11.8 Å². The monoisotopic (exact) mass is 389 g/mol. The number of nitrogens with one attached hydrogen (secondary N) is 3. The maximum Gasteiger partial charge on any atom is 0.243 e. The maximum atomic E-state index is 12.1. The highest BCUT2D eigenvalue weighted by Gasteiger charge is 2.08. The van der Waals surface area contributed by atoms with Crippen LogP contribution in [0.3, 0.4) is 0 Å². The number of hydrogen-bond acceptors (Lipinski definition) is 3. The van der Waals surface area contributed by atoms with Gasteiger partial charge in [-0.15, -0.1) is 0 Å². The first kappa shape index (κ1) is 18.0. The molecular weight excluding hydrogens is 370 g/mol. The molecule has 0 fully saturated rings. The number of benzene rings is 2. The fraction of sp³-hybridized carbons (Fsp3) is 0.222. The molecular formula is C18H20BrN3O2. The molecule has 2 amide bonds. The predicted octanol–water partition coefficient (Wildman–Crippen LogP) is 4.09. The van der Waals surface area contributed by atoms with Crippen molar-refractivity contribution in [1.82, 2.24) is 0 Å². The zero-order chi connectivity index (χ0) is 17.5. The Bertz CT molecular complexity index is 732. The molecule has 6 heteroatoms. The number of amides is 2. The first-order chi connectivity index (χ1) is 11.5. The molecule has 0 spiro atoms. The number of carbonyl (C=O) groups is 2. The van der Waals surface area contributed by atoms with Crippen molar-refractivity contribution < 1.29 is 9.59 Å². The van der Waals surface area contributed by atoms with Crippen LogP contribution in [0.4, 0.5) is 17.1 Å². The van der Waals surface area contributed by atoms with Crippen LogP contribution in [0.15, 0.2) is 53.0 Å². The lowest BCUT2D eigenvalue weighted by atomic mass is 10.2. The van der Waals surface area contributed by atoms with Gasteiger partial charge in [0, 0.05) is 27.5 Å². The van der Waals surface area contributed by atoms with E-state index in [0.717, 1.165) is 10.2 Å². The Morgan fingerprint density at radius 1 is 1.00 bits per heavy atom. The summed E-state index contributed by atoms with van der Waals surface area (Å²) in [5.74, 6) is -0.330. The first-order valence-corrected chi connectivity index (χ1v) is 8.44. The van der Waals surface area contributed by atoms with Crippen LogP contribution < -0.4 is 16.0 Å². The van der Waals surface area contributed by atoms with Gasteiger partial charge in [0.1, 0.15) is 0 Å². The minimum Gasteiger partial charge on any atom is -0.375 e. The Labute approximate surface area is 150 Å². The SMILES string of the molecule is CC(C)C(=O)Nc1cccc(NC(=O)CNc2ccccc2Br)c1. The van der Waals surface area contributed by atoms with Crippen molar-refractivity contribution in [2.75, 3.05) is 22.5 Å². The van der Waals surface area contributed by atoms with Gasteiger partial charge in [-0.3, -0.25) is 9.59 Å². The quantitative estimate of drug-likeness (QED) is 0.696. The second-order valence-corrected chi connectivity index (χ2v) is 6.46. The highest BCUT2D eigenvalue weighted by molar-refractivity contribution is 9.10. The first-order valence-electron chi connectivity index (χ1n) is 7.65. The molecule has 0 aliphatic rings. The average molecular weight is 390 g/mol. The van der Waals surface area contributed by atoms with E-state index in [4.69, 9.17) is 0 Å². The molecule has 0 atom stereocenters. The lowest BCUT2D eigenvalue weighted by Crippen LogP contribution is -2.22. The Morgan fingerprint density at radius 2 is 1.67 bits per heavy atom. The number of rotatable bonds is 6. The normalized spacial score (nSPS) is 10.3. The summed E-state index contributed by atoms with van der Waals surface area (Å²) in [5.41, 5.74) is 2.14. The zero-order valence-corrected chi connectivity index (χ0v) is 15.2. The van der Waals surface area contributed by atoms with Crippen LogP contribution in [0.5, 0.6) is 0 Å². The Hall–Kier alpha value is -2.34. The van der Waals surface area contributed by atoms with Crippen molar-refractivity contribution in [2.45, 2.75) is 13.8 Å². The Morgan fingerprint density at radius 3 is 2.33 bits per heavy atom. The van der Waals surface area contributed by atoms with Gasteiger partial charge in [-0.1, -0.05) is 32.0 Å². The van der Waals surface area contributed by atoms with Crippen LogP contribution in [-0.2, 0) is 9.59 Å². The van der Waals surface area contributed by atoms with Gasteiger partial charge in [-0.25, -0.2) is 0 Å². The van der Waals surface area contributed by atoms with Crippen LogP contribution >= 0.6 is 15.9 Å². The van der Waals surface area contributed by atoms with Gasteiger partial charge in [0.15, 0.2) is 0 Å². The van der Waals surface area contributed by atoms with Crippen molar-refractivity contribution in [3.05, 3.63) is 53.0 Å². The molecule has 0 aromatic heterocycles. The van der Waals surface area contributed by atoms with Crippen LogP contribution in [0.25, 0.3) is 0 Å². The lowest BCUT2D eigenvalue weighted by molar-refractivity contribution is -0.119. The molecule has 0 aliphatic heterocycles. The smallest absolute Gasteiger partial charge is 0.243 e.